The molecule has 3 aromatic rings. The van der Waals surface area contributed by atoms with Gasteiger partial charge in [-0.15, -0.1) is 0 Å². The van der Waals surface area contributed by atoms with Gasteiger partial charge in [-0.05, 0) is 63.6 Å². The second-order valence-corrected chi connectivity index (χ2v) is 13.0. The molecule has 0 spiro atoms. The minimum Gasteiger partial charge on any atom is -0.350 e. The highest BCUT2D eigenvalue weighted by atomic mass is 35.5. The van der Waals surface area contributed by atoms with Crippen molar-refractivity contribution in [2.45, 2.75) is 50.7 Å². The summed E-state index contributed by atoms with van der Waals surface area (Å²) in [4.78, 5) is 28.4. The molecule has 39 heavy (non-hydrogen) atoms. The zero-order chi connectivity index (χ0) is 29.0. The second-order valence-electron chi connectivity index (χ2n) is 9.93. The summed E-state index contributed by atoms with van der Waals surface area (Å²) in [5.41, 5.74) is 0.0774. The number of sulfonamides is 1. The van der Waals surface area contributed by atoms with Crippen LogP contribution in [0.4, 0.5) is 5.69 Å². The number of benzene rings is 3. The molecule has 1 atom stereocenters. The van der Waals surface area contributed by atoms with Crippen LogP contribution in [0.2, 0.25) is 15.1 Å². The molecule has 0 bridgehead atoms. The summed E-state index contributed by atoms with van der Waals surface area (Å²) in [7, 11) is -4.26. The number of carbonyl (C=O) groups excluding carboxylic acids is 2. The van der Waals surface area contributed by atoms with Gasteiger partial charge in [-0.25, -0.2) is 8.42 Å². The number of amides is 2. The lowest BCUT2D eigenvalue weighted by Gasteiger charge is -2.33. The van der Waals surface area contributed by atoms with E-state index in [1.54, 1.807) is 55.5 Å². The highest BCUT2D eigenvalue weighted by molar-refractivity contribution is 7.92. The first-order valence-electron chi connectivity index (χ1n) is 12.1. The minimum absolute atomic E-state index is 0.0253. The fourth-order valence-corrected chi connectivity index (χ4v) is 5.88. The predicted molar refractivity (Wildman–Crippen MR) is 157 cm³/mol. The summed E-state index contributed by atoms with van der Waals surface area (Å²) in [5.74, 6) is -1.04. The smallest absolute Gasteiger partial charge is 0.264 e. The van der Waals surface area contributed by atoms with Gasteiger partial charge >= 0.3 is 0 Å². The number of hydrogen-bond donors (Lipinski definition) is 1. The van der Waals surface area contributed by atoms with Crippen LogP contribution in [0.5, 0.6) is 0 Å². The molecule has 0 radical (unpaired) electrons. The maximum atomic E-state index is 13.9. The van der Waals surface area contributed by atoms with Crippen molar-refractivity contribution in [3.8, 4) is 0 Å². The molecule has 0 aliphatic heterocycles. The van der Waals surface area contributed by atoms with Gasteiger partial charge in [-0.3, -0.25) is 13.9 Å². The van der Waals surface area contributed by atoms with E-state index in [9.17, 15) is 18.0 Å². The highest BCUT2D eigenvalue weighted by Gasteiger charge is 2.34. The Bertz CT molecular complexity index is 1440. The summed E-state index contributed by atoms with van der Waals surface area (Å²) in [6.45, 7) is 6.39. The monoisotopic (exact) mass is 609 g/mol. The molecule has 0 aliphatic rings. The predicted octanol–water partition coefficient (Wildman–Crippen LogP) is 6.17. The maximum Gasteiger partial charge on any atom is 0.264 e. The normalized spacial score (nSPS) is 12.5. The third-order valence-corrected chi connectivity index (χ3v) is 8.73. The van der Waals surface area contributed by atoms with E-state index in [2.05, 4.69) is 5.32 Å². The van der Waals surface area contributed by atoms with Crippen molar-refractivity contribution in [2.24, 2.45) is 0 Å². The Labute approximate surface area is 244 Å². The number of rotatable bonds is 9. The van der Waals surface area contributed by atoms with Gasteiger partial charge in [0.05, 0.1) is 20.6 Å². The van der Waals surface area contributed by atoms with Crippen LogP contribution in [-0.4, -0.2) is 43.3 Å². The third-order valence-electron chi connectivity index (χ3n) is 5.77. The van der Waals surface area contributed by atoms with Crippen molar-refractivity contribution >= 4 is 62.3 Å². The molecule has 208 valence electrons. The van der Waals surface area contributed by atoms with Crippen LogP contribution in [0, 0.1) is 0 Å². The Hall–Kier alpha value is -2.78. The number of hydrogen-bond acceptors (Lipinski definition) is 4. The van der Waals surface area contributed by atoms with Crippen molar-refractivity contribution in [2.75, 3.05) is 10.8 Å². The SMILES string of the molecule is C[C@H](C(=O)NC(C)(C)C)N(Cc1ccccc1Cl)C(=O)CN(c1cccc(Cl)c1Cl)S(=O)(=O)c1ccccc1. The molecule has 0 heterocycles. The first-order chi connectivity index (χ1) is 18.2. The molecule has 2 amide bonds. The van der Waals surface area contributed by atoms with E-state index in [1.807, 2.05) is 20.8 Å². The number of nitrogens with one attached hydrogen (secondary N) is 1. The van der Waals surface area contributed by atoms with Crippen LogP contribution in [0.1, 0.15) is 33.3 Å². The van der Waals surface area contributed by atoms with E-state index >= 15 is 0 Å². The Balaban J connectivity index is 2.08. The van der Waals surface area contributed by atoms with Crippen molar-refractivity contribution in [1.29, 1.82) is 0 Å². The van der Waals surface area contributed by atoms with Gasteiger partial charge in [0.25, 0.3) is 10.0 Å². The van der Waals surface area contributed by atoms with Gasteiger partial charge in [-0.2, -0.15) is 0 Å². The Morgan fingerprint density at radius 2 is 1.46 bits per heavy atom. The summed E-state index contributed by atoms with van der Waals surface area (Å²) in [5, 5.41) is 3.38. The van der Waals surface area contributed by atoms with Crippen LogP contribution in [0.25, 0.3) is 0 Å². The van der Waals surface area contributed by atoms with Gasteiger partial charge < -0.3 is 10.2 Å². The first-order valence-corrected chi connectivity index (χ1v) is 14.7. The molecule has 3 aromatic carbocycles. The van der Waals surface area contributed by atoms with Crippen LogP contribution in [0.15, 0.2) is 77.7 Å². The zero-order valence-corrected chi connectivity index (χ0v) is 25.1. The van der Waals surface area contributed by atoms with Gasteiger partial charge in [0.2, 0.25) is 11.8 Å². The molecule has 0 aliphatic carbocycles. The van der Waals surface area contributed by atoms with Gasteiger partial charge in [-0.1, -0.05) is 77.3 Å². The number of halogens is 3. The molecule has 0 saturated carbocycles. The molecular weight excluding hydrogens is 581 g/mol. The quantitative estimate of drug-likeness (QED) is 0.314. The molecule has 0 unspecified atom stereocenters. The van der Waals surface area contributed by atoms with Crippen molar-refractivity contribution in [3.63, 3.8) is 0 Å². The second kappa shape index (κ2) is 12.6. The largest absolute Gasteiger partial charge is 0.350 e. The highest BCUT2D eigenvalue weighted by Crippen LogP contribution is 2.35. The lowest BCUT2D eigenvalue weighted by Crippen LogP contribution is -2.54. The molecule has 0 saturated heterocycles. The molecule has 11 heteroatoms. The molecule has 1 N–H and O–H groups in total. The van der Waals surface area contributed by atoms with Gasteiger partial charge in [0.1, 0.15) is 12.6 Å². The Morgan fingerprint density at radius 3 is 2.08 bits per heavy atom. The Kier molecular flexibility index (Phi) is 9.93. The molecule has 0 aromatic heterocycles. The topological polar surface area (TPSA) is 86.8 Å². The Morgan fingerprint density at radius 1 is 0.872 bits per heavy atom. The van der Waals surface area contributed by atoms with E-state index in [-0.39, 0.29) is 27.2 Å². The molecule has 7 nitrogen and oxygen atoms in total. The average molecular weight is 611 g/mol. The molecule has 3 rings (SSSR count). The van der Waals surface area contributed by atoms with Gasteiger partial charge in [0.15, 0.2) is 0 Å². The fourth-order valence-electron chi connectivity index (χ4n) is 3.78. The van der Waals surface area contributed by atoms with Gasteiger partial charge in [0, 0.05) is 17.1 Å². The van der Waals surface area contributed by atoms with Crippen LogP contribution >= 0.6 is 34.8 Å². The molecular formula is C28H30Cl3N3O4S. The van der Waals surface area contributed by atoms with Crippen LogP contribution in [-0.2, 0) is 26.2 Å². The van der Waals surface area contributed by atoms with E-state index in [0.29, 0.717) is 10.6 Å². The maximum absolute atomic E-state index is 13.9. The van der Waals surface area contributed by atoms with E-state index < -0.39 is 40.0 Å². The zero-order valence-electron chi connectivity index (χ0n) is 22.0. The summed E-state index contributed by atoms with van der Waals surface area (Å²) in [6.07, 6.45) is 0. The standard InChI is InChI=1S/C28H30Cl3N3O4S/c1-19(27(36)32-28(2,3)4)33(17-20-11-8-9-14-22(20)29)25(35)18-34(24-16-10-15-23(30)26(24)31)39(37,38)21-12-6-5-7-13-21/h5-16,19H,17-18H2,1-4H3,(H,32,36)/t19-/m1/s1. The van der Waals surface area contributed by atoms with Crippen LogP contribution in [0.3, 0.4) is 0 Å². The lowest BCUT2D eigenvalue weighted by molar-refractivity contribution is -0.140. The third kappa shape index (κ3) is 7.66. The average Bonchev–Trinajstić information content (AvgIpc) is 2.87. The van der Waals surface area contributed by atoms with Crippen molar-refractivity contribution < 1.29 is 18.0 Å². The lowest BCUT2D eigenvalue weighted by atomic mass is 10.1. The summed E-state index contributed by atoms with van der Waals surface area (Å²) < 4.78 is 28.5. The van der Waals surface area contributed by atoms with E-state index in [4.69, 9.17) is 34.8 Å². The van der Waals surface area contributed by atoms with E-state index in [0.717, 1.165) is 4.31 Å². The van der Waals surface area contributed by atoms with Crippen molar-refractivity contribution in [3.05, 3.63) is 93.4 Å². The van der Waals surface area contributed by atoms with Crippen molar-refractivity contribution in [1.82, 2.24) is 10.2 Å². The van der Waals surface area contributed by atoms with Crippen LogP contribution < -0.4 is 9.62 Å². The van der Waals surface area contributed by atoms with E-state index in [1.165, 1.54) is 29.2 Å². The number of nitrogens with zero attached hydrogens (tertiary/aromatic N) is 2. The first kappa shape index (κ1) is 30.8. The molecule has 0 fully saturated rings. The fraction of sp³-hybridized carbons (Fsp3) is 0.286. The summed E-state index contributed by atoms with van der Waals surface area (Å²) >= 11 is 19.0. The minimum atomic E-state index is -4.26. The number of carbonyl (C=O) groups is 2. The summed E-state index contributed by atoms with van der Waals surface area (Å²) in [6, 6.07) is 18.2. The number of anilines is 1.